The van der Waals surface area contributed by atoms with Gasteiger partial charge in [0, 0.05) is 12.3 Å². The van der Waals surface area contributed by atoms with Crippen molar-refractivity contribution in [2.75, 3.05) is 0 Å². The molecule has 0 bridgehead atoms. The van der Waals surface area contributed by atoms with Gasteiger partial charge in [0.2, 0.25) is 17.7 Å². The molecule has 0 heterocycles. The minimum atomic E-state index is -0.825. The van der Waals surface area contributed by atoms with E-state index in [1.807, 2.05) is 81.4 Å². The molecule has 0 aliphatic heterocycles. The van der Waals surface area contributed by atoms with Crippen molar-refractivity contribution in [2.45, 2.75) is 91.1 Å². The van der Waals surface area contributed by atoms with Gasteiger partial charge in [0.1, 0.15) is 6.04 Å². The molecule has 0 aliphatic carbocycles. The molecule has 2 aromatic rings. The van der Waals surface area contributed by atoms with Crippen LogP contribution in [-0.4, -0.2) is 29.0 Å². The lowest BCUT2D eigenvalue weighted by molar-refractivity contribution is -0.137. The highest BCUT2D eigenvalue weighted by molar-refractivity contribution is 5.91. The van der Waals surface area contributed by atoms with Gasteiger partial charge in [-0.05, 0) is 23.0 Å². The number of hydroxylamine groups is 1. The molecule has 0 radical (unpaired) electrons. The molecule has 3 amide bonds. The van der Waals surface area contributed by atoms with Crippen molar-refractivity contribution in [3.63, 3.8) is 0 Å². The molecule has 2 atom stereocenters. The van der Waals surface area contributed by atoms with E-state index in [1.54, 1.807) is 5.48 Å². The summed E-state index contributed by atoms with van der Waals surface area (Å²) < 4.78 is 0. The summed E-state index contributed by atoms with van der Waals surface area (Å²) in [4.78, 5) is 39.1. The second-order valence-corrected chi connectivity index (χ2v) is 11.1. The van der Waals surface area contributed by atoms with Crippen LogP contribution in [0.15, 0.2) is 60.7 Å². The van der Waals surface area contributed by atoms with Gasteiger partial charge in [0.15, 0.2) is 0 Å². The SMILES string of the molecule is CCCCCCCC[C@H](CC(=O)NO)C(=O)N[C@H](C(=O)NC(c1ccccc1)c1ccccc1)C(C)(C)C. The number of nitrogens with one attached hydrogen (secondary N) is 3. The van der Waals surface area contributed by atoms with E-state index in [-0.39, 0.29) is 24.3 Å². The molecule has 0 aliphatic rings. The molecule has 2 aromatic carbocycles. The van der Waals surface area contributed by atoms with E-state index in [0.29, 0.717) is 6.42 Å². The number of unbranched alkanes of at least 4 members (excludes halogenated alkanes) is 5. The number of amides is 3. The van der Waals surface area contributed by atoms with Crippen molar-refractivity contribution >= 4 is 17.7 Å². The van der Waals surface area contributed by atoms with E-state index in [0.717, 1.165) is 43.2 Å². The van der Waals surface area contributed by atoms with Gasteiger partial charge in [0.25, 0.3) is 0 Å². The minimum absolute atomic E-state index is 0.133. The zero-order valence-electron chi connectivity index (χ0n) is 23.3. The molecule has 4 N–H and O–H groups in total. The van der Waals surface area contributed by atoms with Crippen molar-refractivity contribution < 1.29 is 19.6 Å². The average Bonchev–Trinajstić information content (AvgIpc) is 2.91. The van der Waals surface area contributed by atoms with Crippen molar-refractivity contribution in [3.8, 4) is 0 Å². The summed E-state index contributed by atoms with van der Waals surface area (Å²) in [6.07, 6.45) is 6.75. The van der Waals surface area contributed by atoms with Crippen LogP contribution in [0.5, 0.6) is 0 Å². The quantitative estimate of drug-likeness (QED) is 0.137. The second kappa shape index (κ2) is 15.9. The van der Waals surface area contributed by atoms with Crippen LogP contribution in [0, 0.1) is 11.3 Å². The Labute approximate surface area is 227 Å². The van der Waals surface area contributed by atoms with Gasteiger partial charge in [0.05, 0.1) is 6.04 Å². The Morgan fingerprint density at radius 3 is 1.79 bits per heavy atom. The molecule has 0 unspecified atom stereocenters. The van der Waals surface area contributed by atoms with Gasteiger partial charge in [-0.15, -0.1) is 0 Å². The van der Waals surface area contributed by atoms with E-state index in [9.17, 15) is 14.4 Å². The third-order valence-corrected chi connectivity index (χ3v) is 6.80. The first kappa shape index (κ1) is 31.0. The van der Waals surface area contributed by atoms with Crippen LogP contribution in [0.1, 0.15) is 96.2 Å². The number of benzene rings is 2. The molecule has 0 saturated carbocycles. The van der Waals surface area contributed by atoms with E-state index in [4.69, 9.17) is 5.21 Å². The molecule has 2 rings (SSSR count). The molecule has 7 heteroatoms. The summed E-state index contributed by atoms with van der Waals surface area (Å²) in [7, 11) is 0. The van der Waals surface area contributed by atoms with Gasteiger partial charge in [-0.25, -0.2) is 5.48 Å². The van der Waals surface area contributed by atoms with Gasteiger partial charge in [-0.3, -0.25) is 19.6 Å². The van der Waals surface area contributed by atoms with Crippen LogP contribution in [0.25, 0.3) is 0 Å². The number of hydrogen-bond donors (Lipinski definition) is 4. The third-order valence-electron chi connectivity index (χ3n) is 6.80. The summed E-state index contributed by atoms with van der Waals surface area (Å²) >= 11 is 0. The third kappa shape index (κ3) is 10.3. The zero-order chi connectivity index (χ0) is 28.0. The molecule has 0 fully saturated rings. The first-order valence-electron chi connectivity index (χ1n) is 13.8. The number of rotatable bonds is 15. The lowest BCUT2D eigenvalue weighted by Crippen LogP contribution is -2.55. The highest BCUT2D eigenvalue weighted by Crippen LogP contribution is 2.26. The van der Waals surface area contributed by atoms with Crippen LogP contribution in [0.3, 0.4) is 0 Å². The number of carbonyl (C=O) groups excluding carboxylic acids is 3. The first-order valence-corrected chi connectivity index (χ1v) is 13.8. The summed E-state index contributed by atoms with van der Waals surface area (Å²) in [6, 6.07) is 18.2. The van der Waals surface area contributed by atoms with Crippen molar-refractivity contribution in [2.24, 2.45) is 11.3 Å². The Morgan fingerprint density at radius 1 is 0.763 bits per heavy atom. The first-order chi connectivity index (χ1) is 18.2. The molecule has 0 aromatic heterocycles. The highest BCUT2D eigenvalue weighted by Gasteiger charge is 2.36. The van der Waals surface area contributed by atoms with Crippen molar-refractivity contribution in [1.82, 2.24) is 16.1 Å². The van der Waals surface area contributed by atoms with Crippen molar-refractivity contribution in [3.05, 3.63) is 71.8 Å². The highest BCUT2D eigenvalue weighted by atomic mass is 16.5. The maximum atomic E-state index is 13.7. The maximum Gasteiger partial charge on any atom is 0.244 e. The Balaban J connectivity index is 2.19. The van der Waals surface area contributed by atoms with Crippen LogP contribution in [0.2, 0.25) is 0 Å². The summed E-state index contributed by atoms with van der Waals surface area (Å²) in [5.41, 5.74) is 2.93. The minimum Gasteiger partial charge on any atom is -0.344 e. The monoisotopic (exact) mass is 523 g/mol. The van der Waals surface area contributed by atoms with Crippen molar-refractivity contribution in [1.29, 1.82) is 0 Å². The predicted octanol–water partition coefficient (Wildman–Crippen LogP) is 5.69. The van der Waals surface area contributed by atoms with E-state index < -0.39 is 23.3 Å². The van der Waals surface area contributed by atoms with Gasteiger partial charge < -0.3 is 10.6 Å². The fourth-order valence-corrected chi connectivity index (χ4v) is 4.58. The molecule has 7 nitrogen and oxygen atoms in total. The summed E-state index contributed by atoms with van der Waals surface area (Å²) in [5.74, 6) is -1.90. The topological polar surface area (TPSA) is 108 Å². The largest absolute Gasteiger partial charge is 0.344 e. The summed E-state index contributed by atoms with van der Waals surface area (Å²) in [6.45, 7) is 7.87. The zero-order valence-corrected chi connectivity index (χ0v) is 23.3. The normalized spacial score (nSPS) is 13.0. The Morgan fingerprint density at radius 2 is 1.29 bits per heavy atom. The van der Waals surface area contributed by atoms with E-state index >= 15 is 0 Å². The number of carbonyl (C=O) groups is 3. The predicted molar refractivity (Wildman–Crippen MR) is 150 cm³/mol. The van der Waals surface area contributed by atoms with Gasteiger partial charge in [-0.2, -0.15) is 0 Å². The molecular formula is C31H45N3O4. The summed E-state index contributed by atoms with van der Waals surface area (Å²) in [5, 5.41) is 15.1. The van der Waals surface area contributed by atoms with Crippen LogP contribution in [0.4, 0.5) is 0 Å². The molecule has 38 heavy (non-hydrogen) atoms. The average molecular weight is 524 g/mol. The Hall–Kier alpha value is -3.19. The fourth-order valence-electron chi connectivity index (χ4n) is 4.58. The fraction of sp³-hybridized carbons (Fsp3) is 0.516. The lowest BCUT2D eigenvalue weighted by Gasteiger charge is -2.33. The molecule has 208 valence electrons. The van der Waals surface area contributed by atoms with E-state index in [1.165, 1.54) is 6.42 Å². The molecule has 0 saturated heterocycles. The van der Waals surface area contributed by atoms with Crippen LogP contribution < -0.4 is 16.1 Å². The van der Waals surface area contributed by atoms with E-state index in [2.05, 4.69) is 17.6 Å². The molecular weight excluding hydrogens is 478 g/mol. The van der Waals surface area contributed by atoms with Gasteiger partial charge >= 0.3 is 0 Å². The lowest BCUT2D eigenvalue weighted by atomic mass is 9.84. The van der Waals surface area contributed by atoms with Crippen LogP contribution >= 0.6 is 0 Å². The number of hydrogen-bond acceptors (Lipinski definition) is 4. The Bertz CT molecular complexity index is 950. The smallest absolute Gasteiger partial charge is 0.244 e. The maximum absolute atomic E-state index is 13.7. The second-order valence-electron chi connectivity index (χ2n) is 11.1. The standard InChI is InChI=1S/C31H45N3O4/c1-5-6-7-8-9-12-21-25(22-26(35)34-38)29(36)33-28(31(2,3)4)30(37)32-27(23-17-13-10-14-18-23)24-19-15-11-16-20-24/h10-11,13-20,25,27-28,38H,5-9,12,21-22H2,1-4H3,(H,32,37)(H,33,36)(H,34,35)/t25-,28-/m1/s1. The Kier molecular flexibility index (Phi) is 13.0. The van der Waals surface area contributed by atoms with Crippen LogP contribution in [-0.2, 0) is 14.4 Å². The van der Waals surface area contributed by atoms with Gasteiger partial charge in [-0.1, -0.05) is 127 Å². The molecule has 0 spiro atoms.